The van der Waals surface area contributed by atoms with Crippen LogP contribution in [0.25, 0.3) is 0 Å². The number of aromatic nitrogens is 4. The number of aryl methyl sites for hydroxylation is 1. The Morgan fingerprint density at radius 2 is 2.19 bits per heavy atom. The molecule has 0 fully saturated rings. The van der Waals surface area contributed by atoms with Crippen LogP contribution in [0.4, 0.5) is 5.13 Å². The molecule has 1 aromatic carbocycles. The van der Waals surface area contributed by atoms with Crippen LogP contribution in [0.5, 0.6) is 5.75 Å². The summed E-state index contributed by atoms with van der Waals surface area (Å²) in [5.74, 6) is 1.31. The maximum absolute atomic E-state index is 12.0. The molecular weight excluding hydrogens is 394 g/mol. The van der Waals surface area contributed by atoms with Crippen LogP contribution < -0.4 is 10.1 Å². The van der Waals surface area contributed by atoms with Crippen LogP contribution in [0.1, 0.15) is 10.7 Å². The van der Waals surface area contributed by atoms with Gasteiger partial charge < -0.3 is 14.6 Å². The quantitative estimate of drug-likeness (QED) is 0.601. The highest BCUT2D eigenvalue weighted by atomic mass is 35.5. The van der Waals surface area contributed by atoms with Crippen LogP contribution in [-0.4, -0.2) is 31.4 Å². The van der Waals surface area contributed by atoms with Crippen LogP contribution in [0.15, 0.2) is 35.6 Å². The predicted octanol–water partition coefficient (Wildman–Crippen LogP) is 3.54. The van der Waals surface area contributed by atoms with Crippen molar-refractivity contribution in [3.05, 3.63) is 46.2 Å². The number of anilines is 1. The second kappa shape index (κ2) is 8.52. The van der Waals surface area contributed by atoms with Gasteiger partial charge in [-0.05, 0) is 19.1 Å². The van der Waals surface area contributed by atoms with E-state index < -0.39 is 0 Å². The number of thioether (sulfide) groups is 1. The number of para-hydroxylation sites is 1. The number of benzene rings is 1. The van der Waals surface area contributed by atoms with Crippen molar-refractivity contribution in [2.75, 3.05) is 11.1 Å². The summed E-state index contributed by atoms with van der Waals surface area (Å²) in [5, 5.41) is 12.7. The van der Waals surface area contributed by atoms with Gasteiger partial charge >= 0.3 is 0 Å². The number of ether oxygens (including phenoxy) is 1. The van der Waals surface area contributed by atoms with Gasteiger partial charge in [0.15, 0.2) is 16.1 Å². The molecule has 26 heavy (non-hydrogen) atoms. The second-order valence-electron chi connectivity index (χ2n) is 5.29. The van der Waals surface area contributed by atoms with E-state index in [-0.39, 0.29) is 18.3 Å². The molecule has 1 N–H and O–H groups in total. The van der Waals surface area contributed by atoms with E-state index in [0.717, 1.165) is 4.88 Å². The lowest BCUT2D eigenvalue weighted by atomic mass is 10.3. The lowest BCUT2D eigenvalue weighted by Crippen LogP contribution is -2.14. The summed E-state index contributed by atoms with van der Waals surface area (Å²) in [6.07, 6.45) is 1.72. The first-order valence-corrected chi connectivity index (χ1v) is 9.81. The van der Waals surface area contributed by atoms with Crippen LogP contribution >= 0.6 is 34.7 Å². The first-order chi connectivity index (χ1) is 12.5. The minimum atomic E-state index is -0.138. The molecular formula is C16H16ClN5O2S2. The Balaban J connectivity index is 1.53. The highest BCUT2D eigenvalue weighted by Gasteiger charge is 2.13. The van der Waals surface area contributed by atoms with Gasteiger partial charge in [0.2, 0.25) is 5.91 Å². The highest BCUT2D eigenvalue weighted by Crippen LogP contribution is 2.24. The molecule has 0 unspecified atom stereocenters. The molecule has 2 aromatic heterocycles. The minimum absolute atomic E-state index is 0.138. The van der Waals surface area contributed by atoms with Gasteiger partial charge in [0, 0.05) is 18.1 Å². The molecule has 0 bridgehead atoms. The first-order valence-electron chi connectivity index (χ1n) is 7.63. The number of amides is 1. The molecule has 0 aliphatic heterocycles. The summed E-state index contributed by atoms with van der Waals surface area (Å²) in [7, 11) is 1.83. The molecule has 0 radical (unpaired) electrons. The average molecular weight is 410 g/mol. The largest absolute Gasteiger partial charge is 0.484 e. The minimum Gasteiger partial charge on any atom is -0.484 e. The van der Waals surface area contributed by atoms with Crippen molar-refractivity contribution >= 4 is 45.7 Å². The molecule has 0 saturated carbocycles. The van der Waals surface area contributed by atoms with Crippen molar-refractivity contribution in [1.82, 2.24) is 19.7 Å². The summed E-state index contributed by atoms with van der Waals surface area (Å²) in [6, 6.07) is 7.24. The topological polar surface area (TPSA) is 81.9 Å². The molecule has 1 amide bonds. The van der Waals surface area contributed by atoms with Crippen LogP contribution in [0.2, 0.25) is 5.02 Å². The number of thiazole rings is 1. The third-order valence-corrected chi connectivity index (χ3v) is 5.48. The first kappa shape index (κ1) is 18.7. The lowest BCUT2D eigenvalue weighted by Gasteiger charge is -2.07. The van der Waals surface area contributed by atoms with E-state index in [2.05, 4.69) is 20.5 Å². The number of nitrogens with one attached hydrogen (secondary N) is 1. The Hall–Kier alpha value is -2.10. The van der Waals surface area contributed by atoms with Crippen LogP contribution in [0, 0.1) is 6.92 Å². The zero-order valence-electron chi connectivity index (χ0n) is 14.1. The van der Waals surface area contributed by atoms with Crippen LogP contribution in [-0.2, 0) is 18.4 Å². The van der Waals surface area contributed by atoms with Crippen molar-refractivity contribution in [2.45, 2.75) is 18.7 Å². The standard InChI is InChI=1S/C16H16ClN5O2S2/c1-10-7-18-15(26-10)19-14(23)9-25-16-21-20-13(22(16)2)8-24-12-6-4-3-5-11(12)17/h3-7H,8-9H2,1-2H3,(H,18,19,23). The molecule has 0 spiro atoms. The zero-order chi connectivity index (χ0) is 18.5. The lowest BCUT2D eigenvalue weighted by molar-refractivity contribution is -0.113. The molecule has 0 aliphatic carbocycles. The van der Waals surface area contributed by atoms with Gasteiger partial charge in [-0.25, -0.2) is 4.98 Å². The van der Waals surface area contributed by atoms with Crippen LogP contribution in [0.3, 0.4) is 0 Å². The van der Waals surface area contributed by atoms with Crippen molar-refractivity contribution in [3.8, 4) is 5.75 Å². The van der Waals surface area contributed by atoms with E-state index in [4.69, 9.17) is 16.3 Å². The molecule has 0 saturated heterocycles. The summed E-state index contributed by atoms with van der Waals surface area (Å²) >= 11 is 8.80. The Labute approximate surface area is 163 Å². The maximum Gasteiger partial charge on any atom is 0.236 e. The molecule has 3 aromatic rings. The number of halogens is 1. The van der Waals surface area contributed by atoms with E-state index in [9.17, 15) is 4.79 Å². The van der Waals surface area contributed by atoms with Gasteiger partial charge in [-0.1, -0.05) is 35.5 Å². The summed E-state index contributed by atoms with van der Waals surface area (Å²) < 4.78 is 7.47. The van der Waals surface area contributed by atoms with Crippen molar-refractivity contribution in [3.63, 3.8) is 0 Å². The second-order valence-corrected chi connectivity index (χ2v) is 7.87. The Morgan fingerprint density at radius 1 is 1.38 bits per heavy atom. The monoisotopic (exact) mass is 409 g/mol. The van der Waals surface area contributed by atoms with E-state index in [1.807, 2.05) is 26.1 Å². The molecule has 7 nitrogen and oxygen atoms in total. The zero-order valence-corrected chi connectivity index (χ0v) is 16.5. The molecule has 10 heteroatoms. The SMILES string of the molecule is Cc1cnc(NC(=O)CSc2nnc(COc3ccccc3Cl)n2C)s1. The van der Waals surface area contributed by atoms with Gasteiger partial charge in [0.25, 0.3) is 0 Å². The van der Waals surface area contributed by atoms with E-state index in [0.29, 0.717) is 26.9 Å². The van der Waals surface area contributed by atoms with Gasteiger partial charge in [-0.3, -0.25) is 4.79 Å². The normalized spacial score (nSPS) is 10.7. The fourth-order valence-electron chi connectivity index (χ4n) is 2.00. The number of carbonyl (C=O) groups is 1. The smallest absolute Gasteiger partial charge is 0.236 e. The maximum atomic E-state index is 12.0. The Morgan fingerprint density at radius 3 is 2.92 bits per heavy atom. The van der Waals surface area contributed by atoms with Crippen molar-refractivity contribution in [1.29, 1.82) is 0 Å². The number of hydrogen-bond donors (Lipinski definition) is 1. The van der Waals surface area contributed by atoms with Gasteiger partial charge in [-0.15, -0.1) is 21.5 Å². The highest BCUT2D eigenvalue weighted by molar-refractivity contribution is 7.99. The van der Waals surface area contributed by atoms with E-state index in [1.54, 1.807) is 22.9 Å². The third-order valence-electron chi connectivity index (χ3n) is 3.32. The van der Waals surface area contributed by atoms with Gasteiger partial charge in [0.1, 0.15) is 12.4 Å². The summed E-state index contributed by atoms with van der Waals surface area (Å²) in [4.78, 5) is 17.2. The van der Waals surface area contributed by atoms with E-state index in [1.165, 1.54) is 23.1 Å². The fraction of sp³-hybridized carbons (Fsp3) is 0.250. The molecule has 2 heterocycles. The number of rotatable bonds is 7. The molecule has 0 aliphatic rings. The van der Waals surface area contributed by atoms with E-state index >= 15 is 0 Å². The molecule has 0 atom stereocenters. The number of hydrogen-bond acceptors (Lipinski definition) is 7. The Kier molecular flexibility index (Phi) is 6.12. The molecule has 3 rings (SSSR count). The summed E-state index contributed by atoms with van der Waals surface area (Å²) in [5.41, 5.74) is 0. The average Bonchev–Trinajstić information content (AvgIpc) is 3.18. The molecule has 136 valence electrons. The number of carbonyl (C=O) groups excluding carboxylic acids is 1. The fourth-order valence-corrected chi connectivity index (χ4v) is 3.60. The third kappa shape index (κ3) is 4.75. The van der Waals surface area contributed by atoms with Crippen molar-refractivity contribution < 1.29 is 9.53 Å². The van der Waals surface area contributed by atoms with Crippen molar-refractivity contribution in [2.24, 2.45) is 7.05 Å². The summed E-state index contributed by atoms with van der Waals surface area (Å²) in [6.45, 7) is 2.17. The predicted molar refractivity (Wildman–Crippen MR) is 103 cm³/mol. The number of nitrogens with zero attached hydrogens (tertiary/aromatic N) is 4. The van der Waals surface area contributed by atoms with Gasteiger partial charge in [-0.2, -0.15) is 0 Å². The Bertz CT molecular complexity index is 912. The van der Waals surface area contributed by atoms with Gasteiger partial charge in [0.05, 0.1) is 10.8 Å².